The Bertz CT molecular complexity index is 1350. The van der Waals surface area contributed by atoms with Crippen LogP contribution in [0.4, 0.5) is 11.6 Å². The van der Waals surface area contributed by atoms with Crippen LogP contribution in [-0.4, -0.2) is 52.4 Å². The predicted molar refractivity (Wildman–Crippen MR) is 135 cm³/mol. The number of nitrogens with one attached hydrogen (secondary N) is 1. The molecule has 1 aliphatic heterocycles. The van der Waals surface area contributed by atoms with Gasteiger partial charge < -0.3 is 15.4 Å². The topological polar surface area (TPSA) is 153 Å². The molecule has 1 amide bonds. The van der Waals surface area contributed by atoms with Crippen molar-refractivity contribution >= 4 is 27.6 Å². The van der Waals surface area contributed by atoms with E-state index in [0.717, 1.165) is 12.8 Å². The van der Waals surface area contributed by atoms with Crippen LogP contribution in [0.2, 0.25) is 0 Å². The van der Waals surface area contributed by atoms with Gasteiger partial charge in [-0.05, 0) is 58.7 Å². The molecule has 1 fully saturated rings. The number of anilines is 2. The van der Waals surface area contributed by atoms with Gasteiger partial charge >= 0.3 is 0 Å². The second kappa shape index (κ2) is 10.1. The minimum atomic E-state index is -4.28. The van der Waals surface area contributed by atoms with E-state index in [1.165, 1.54) is 24.4 Å². The molecule has 0 aliphatic carbocycles. The van der Waals surface area contributed by atoms with Gasteiger partial charge in [0.15, 0.2) is 16.5 Å². The average molecular weight is 512 g/mol. The van der Waals surface area contributed by atoms with Crippen LogP contribution in [0.5, 0.6) is 5.88 Å². The smallest absolute Gasteiger partial charge is 0.287 e. The van der Waals surface area contributed by atoms with E-state index in [0.29, 0.717) is 23.0 Å². The maximum atomic E-state index is 13.2. The number of hydrogen-bond acceptors (Lipinski definition) is 10. The molecule has 0 aromatic carbocycles. The Morgan fingerprint density at radius 3 is 2.42 bits per heavy atom. The zero-order valence-electron chi connectivity index (χ0n) is 20.5. The van der Waals surface area contributed by atoms with Crippen molar-refractivity contribution in [1.82, 2.24) is 24.7 Å². The highest BCUT2D eigenvalue weighted by Crippen LogP contribution is 2.32. The lowest BCUT2D eigenvalue weighted by atomic mass is 10.2. The molecular weight excluding hydrogens is 482 g/mol. The average Bonchev–Trinajstić information content (AvgIpc) is 3.16. The quantitative estimate of drug-likeness (QED) is 0.484. The molecule has 1 aliphatic rings. The van der Waals surface area contributed by atoms with E-state index in [-0.39, 0.29) is 34.7 Å². The highest BCUT2D eigenvalue weighted by atomic mass is 32.2. The predicted octanol–water partition coefficient (Wildman–Crippen LogP) is 2.80. The molecular formula is C24H29N7O4S. The summed E-state index contributed by atoms with van der Waals surface area (Å²) in [5.74, 6) is -0.0903. The molecule has 12 heteroatoms. The summed E-state index contributed by atoms with van der Waals surface area (Å²) in [7, 11) is -4.28. The molecule has 3 N–H and O–H groups in total. The first-order valence-corrected chi connectivity index (χ1v) is 13.1. The van der Waals surface area contributed by atoms with E-state index in [9.17, 15) is 13.2 Å². The molecule has 190 valence electrons. The van der Waals surface area contributed by atoms with E-state index in [4.69, 9.17) is 15.5 Å². The first-order valence-electron chi connectivity index (χ1n) is 11.6. The SMILES string of the molecule is CC(C)Oc1ccc(-c2cnc(C(=O)NS(=O)(=O)c3cccc(N)n3)c(N3[C@H](C)CC[C@@H]3C)n2)cn1. The number of amides is 1. The van der Waals surface area contributed by atoms with E-state index >= 15 is 0 Å². The molecule has 0 unspecified atom stereocenters. The van der Waals surface area contributed by atoms with Gasteiger partial charge in [0.25, 0.3) is 15.9 Å². The maximum absolute atomic E-state index is 13.2. The Morgan fingerprint density at radius 1 is 1.08 bits per heavy atom. The van der Waals surface area contributed by atoms with Crippen molar-refractivity contribution in [3.05, 3.63) is 48.4 Å². The standard InChI is InChI=1S/C24H29N7O4S/c1-14(2)35-20-11-10-17(12-26-20)18-13-27-22(23(28-18)31-15(3)8-9-16(31)4)24(32)30-36(33,34)21-7-5-6-19(25)29-21/h5-7,10-16H,8-9H2,1-4H3,(H2,25,29)(H,30,32)/t15-,16+. The Kier molecular flexibility index (Phi) is 7.07. The van der Waals surface area contributed by atoms with Crippen molar-refractivity contribution in [1.29, 1.82) is 0 Å². The summed E-state index contributed by atoms with van der Waals surface area (Å²) < 4.78 is 33.2. The summed E-state index contributed by atoms with van der Waals surface area (Å²) in [4.78, 5) is 32.4. The van der Waals surface area contributed by atoms with Crippen molar-refractivity contribution in [3.8, 4) is 17.1 Å². The highest BCUT2D eigenvalue weighted by molar-refractivity contribution is 7.90. The molecule has 11 nitrogen and oxygen atoms in total. The van der Waals surface area contributed by atoms with Gasteiger partial charge in [0.2, 0.25) is 5.88 Å². The lowest BCUT2D eigenvalue weighted by Gasteiger charge is -2.29. The summed E-state index contributed by atoms with van der Waals surface area (Å²) >= 11 is 0. The third-order valence-electron chi connectivity index (χ3n) is 5.80. The van der Waals surface area contributed by atoms with Crippen LogP contribution in [0, 0.1) is 0 Å². The van der Waals surface area contributed by atoms with Crippen LogP contribution in [-0.2, 0) is 10.0 Å². The van der Waals surface area contributed by atoms with Gasteiger partial charge in [0.05, 0.1) is 18.0 Å². The molecule has 3 aromatic heterocycles. The Morgan fingerprint density at radius 2 is 1.81 bits per heavy atom. The van der Waals surface area contributed by atoms with Gasteiger partial charge in [0.1, 0.15) is 5.82 Å². The molecule has 0 bridgehead atoms. The fourth-order valence-electron chi connectivity index (χ4n) is 4.12. The van der Waals surface area contributed by atoms with Crippen molar-refractivity contribution in [2.75, 3.05) is 10.6 Å². The van der Waals surface area contributed by atoms with Gasteiger partial charge in [-0.15, -0.1) is 0 Å². The fraction of sp³-hybridized carbons (Fsp3) is 0.375. The van der Waals surface area contributed by atoms with E-state index in [1.807, 2.05) is 38.7 Å². The molecule has 36 heavy (non-hydrogen) atoms. The van der Waals surface area contributed by atoms with E-state index in [2.05, 4.69) is 19.7 Å². The van der Waals surface area contributed by atoms with E-state index in [1.54, 1.807) is 12.3 Å². The van der Waals surface area contributed by atoms with Gasteiger partial charge in [-0.25, -0.2) is 24.7 Å². The normalized spacial score (nSPS) is 17.9. The largest absolute Gasteiger partial charge is 0.475 e. The van der Waals surface area contributed by atoms with Crippen molar-refractivity contribution in [2.45, 2.75) is 63.8 Å². The van der Waals surface area contributed by atoms with Crippen LogP contribution >= 0.6 is 0 Å². The molecule has 3 aromatic rings. The van der Waals surface area contributed by atoms with Gasteiger partial charge in [-0.1, -0.05) is 6.07 Å². The van der Waals surface area contributed by atoms with Crippen LogP contribution in [0.15, 0.2) is 47.8 Å². The summed E-state index contributed by atoms with van der Waals surface area (Å²) in [5.41, 5.74) is 6.69. The summed E-state index contributed by atoms with van der Waals surface area (Å²) in [6, 6.07) is 7.88. The van der Waals surface area contributed by atoms with Crippen LogP contribution in [0.1, 0.15) is 51.0 Å². The number of hydrogen-bond donors (Lipinski definition) is 2. The van der Waals surface area contributed by atoms with Crippen LogP contribution in [0.25, 0.3) is 11.3 Å². The number of nitrogens with two attached hydrogens (primary N) is 1. The zero-order chi connectivity index (χ0) is 26.0. The number of sulfonamides is 1. The second-order valence-corrected chi connectivity index (χ2v) is 10.6. The lowest BCUT2D eigenvalue weighted by molar-refractivity contribution is 0.0976. The minimum Gasteiger partial charge on any atom is -0.475 e. The van der Waals surface area contributed by atoms with E-state index < -0.39 is 15.9 Å². The minimum absolute atomic E-state index is 0.00973. The van der Waals surface area contributed by atoms with Crippen LogP contribution < -0.4 is 20.1 Å². The first kappa shape index (κ1) is 25.3. The number of aromatic nitrogens is 4. The molecule has 0 radical (unpaired) electrons. The maximum Gasteiger partial charge on any atom is 0.287 e. The Balaban J connectivity index is 1.71. The number of carbonyl (C=O) groups is 1. The number of rotatable bonds is 7. The Labute approximate surface area is 210 Å². The lowest BCUT2D eigenvalue weighted by Crippen LogP contribution is -2.38. The van der Waals surface area contributed by atoms with Crippen molar-refractivity contribution < 1.29 is 17.9 Å². The third kappa shape index (κ3) is 5.38. The number of pyridine rings is 2. The second-order valence-electron chi connectivity index (χ2n) is 9.00. The third-order valence-corrected chi connectivity index (χ3v) is 7.03. The molecule has 0 saturated carbocycles. The molecule has 4 heterocycles. The molecule has 2 atom stereocenters. The van der Waals surface area contributed by atoms with Gasteiger partial charge in [-0.2, -0.15) is 8.42 Å². The molecule has 4 rings (SSSR count). The summed E-state index contributed by atoms with van der Waals surface area (Å²) in [6.07, 6.45) is 4.85. The summed E-state index contributed by atoms with van der Waals surface area (Å²) in [5, 5.41) is -0.361. The number of carbonyl (C=O) groups excluding carboxylic acids is 1. The van der Waals surface area contributed by atoms with Crippen LogP contribution in [0.3, 0.4) is 0 Å². The van der Waals surface area contributed by atoms with Gasteiger partial charge in [0, 0.05) is 29.9 Å². The van der Waals surface area contributed by atoms with Crippen molar-refractivity contribution in [3.63, 3.8) is 0 Å². The Hall–Kier alpha value is -3.80. The highest BCUT2D eigenvalue weighted by Gasteiger charge is 2.34. The fourth-order valence-corrected chi connectivity index (χ4v) is 5.05. The first-order chi connectivity index (χ1) is 17.0. The zero-order valence-corrected chi connectivity index (χ0v) is 21.4. The molecule has 1 saturated heterocycles. The number of nitrogen functional groups attached to an aromatic ring is 1. The molecule has 0 spiro atoms. The van der Waals surface area contributed by atoms with Crippen molar-refractivity contribution in [2.24, 2.45) is 0 Å². The number of nitrogens with zero attached hydrogens (tertiary/aromatic N) is 5. The van der Waals surface area contributed by atoms with Gasteiger partial charge in [-0.3, -0.25) is 4.79 Å². The monoisotopic (exact) mass is 511 g/mol. The summed E-state index contributed by atoms with van der Waals surface area (Å²) in [6.45, 7) is 7.90. The number of ether oxygens (including phenoxy) is 1.